The fraction of sp³-hybridized carbons (Fsp3) is 0.559. The zero-order chi connectivity index (χ0) is 29.6. The number of benzene rings is 2. The van der Waals surface area contributed by atoms with Crippen LogP contribution in [0, 0.1) is 0 Å². The summed E-state index contributed by atoms with van der Waals surface area (Å²) in [5.41, 5.74) is 2.71. The lowest BCUT2D eigenvalue weighted by Crippen LogP contribution is -2.56. The summed E-state index contributed by atoms with van der Waals surface area (Å²) in [4.78, 5) is 16.6. The van der Waals surface area contributed by atoms with Crippen LogP contribution >= 0.6 is 0 Å². The van der Waals surface area contributed by atoms with Gasteiger partial charge in [0.25, 0.3) is 0 Å². The van der Waals surface area contributed by atoms with Gasteiger partial charge in [0.1, 0.15) is 0 Å². The summed E-state index contributed by atoms with van der Waals surface area (Å²) >= 11 is 0. The van der Waals surface area contributed by atoms with Crippen LogP contribution in [0.15, 0.2) is 60.7 Å². The number of fused-ring (bicyclic) bond motifs is 2. The van der Waals surface area contributed by atoms with Crippen LogP contribution < -0.4 is 5.32 Å². The molecular formula is C34H53N3O3. The van der Waals surface area contributed by atoms with Gasteiger partial charge in [-0.15, -0.1) is 0 Å². The molecule has 40 heavy (non-hydrogen) atoms. The summed E-state index contributed by atoms with van der Waals surface area (Å²) in [6, 6.07) is 18.3. The van der Waals surface area contributed by atoms with E-state index in [1.54, 1.807) is 11.0 Å². The second kappa shape index (κ2) is 16.6. The third kappa shape index (κ3) is 8.18. The Morgan fingerprint density at radius 3 is 2.08 bits per heavy atom. The van der Waals surface area contributed by atoms with Crippen LogP contribution in [0.3, 0.4) is 0 Å². The number of hydrogen-bond acceptors (Lipinski definition) is 5. The maximum Gasteiger partial charge on any atom is 0.246 e. The van der Waals surface area contributed by atoms with Crippen molar-refractivity contribution in [1.29, 1.82) is 0 Å². The number of carbonyl (C=O) groups is 1. The first-order valence-corrected chi connectivity index (χ1v) is 15.5. The maximum absolute atomic E-state index is 12.6. The largest absolute Gasteiger partial charge is 0.389 e. The quantitative estimate of drug-likeness (QED) is 0.400. The Morgan fingerprint density at radius 1 is 0.875 bits per heavy atom. The van der Waals surface area contributed by atoms with Crippen LogP contribution in [0.5, 0.6) is 0 Å². The van der Waals surface area contributed by atoms with Gasteiger partial charge in [-0.3, -0.25) is 4.79 Å². The number of nitrogens with one attached hydrogen (secondary N) is 1. The third-order valence-electron chi connectivity index (χ3n) is 8.14. The number of likely N-dealkylation sites (tertiary alicyclic amines) is 2. The zero-order valence-corrected chi connectivity index (χ0v) is 25.7. The number of nitrogens with zero attached hydrogens (tertiary/aromatic N) is 2. The molecule has 3 aliphatic heterocycles. The van der Waals surface area contributed by atoms with Gasteiger partial charge in [0.2, 0.25) is 5.91 Å². The van der Waals surface area contributed by atoms with E-state index in [2.05, 4.69) is 34.5 Å². The first-order valence-electron chi connectivity index (χ1n) is 15.5. The highest BCUT2D eigenvalue weighted by Gasteiger charge is 2.44. The molecule has 0 unspecified atom stereocenters. The number of anilines is 1. The number of β-amino-alcohol motifs (C(OH)–C–C–N with tert-alkyl or cyclic N) is 1. The molecule has 0 saturated carbocycles. The molecule has 3 N–H and O–H groups in total. The van der Waals surface area contributed by atoms with Crippen LogP contribution in [0.4, 0.5) is 5.69 Å². The Hall–Kier alpha value is -2.67. The van der Waals surface area contributed by atoms with E-state index in [-0.39, 0.29) is 11.3 Å². The molecule has 0 bridgehead atoms. The lowest BCUT2D eigenvalue weighted by atomic mass is 9.74. The van der Waals surface area contributed by atoms with Crippen molar-refractivity contribution in [2.75, 3.05) is 44.6 Å². The number of para-hydroxylation sites is 1. The zero-order valence-electron chi connectivity index (χ0n) is 25.7. The van der Waals surface area contributed by atoms with Crippen molar-refractivity contribution in [2.45, 2.75) is 84.3 Å². The number of carbonyl (C=O) groups excluding carboxylic acids is 1. The Balaban J connectivity index is 0.000000876. The number of aliphatic hydroxyl groups is 2. The molecule has 2 aromatic carbocycles. The normalized spacial score (nSPS) is 19.6. The maximum atomic E-state index is 12.6. The highest BCUT2D eigenvalue weighted by atomic mass is 16.3. The van der Waals surface area contributed by atoms with Gasteiger partial charge in [-0.05, 0) is 62.0 Å². The average Bonchev–Trinajstić information content (AvgIpc) is 3.39. The summed E-state index contributed by atoms with van der Waals surface area (Å²) in [5.74, 6) is -0.0489. The number of piperidine rings is 2. The van der Waals surface area contributed by atoms with Crippen LogP contribution in [0.25, 0.3) is 6.08 Å². The highest BCUT2D eigenvalue weighted by Crippen LogP contribution is 2.44. The Kier molecular flexibility index (Phi) is 13.9. The van der Waals surface area contributed by atoms with Gasteiger partial charge in [0.15, 0.2) is 0 Å². The van der Waals surface area contributed by atoms with Gasteiger partial charge in [-0.25, -0.2) is 0 Å². The monoisotopic (exact) mass is 551 g/mol. The summed E-state index contributed by atoms with van der Waals surface area (Å²) in [5, 5.41) is 25.7. The molecule has 1 atom stereocenters. The molecule has 0 radical (unpaired) electrons. The summed E-state index contributed by atoms with van der Waals surface area (Å²) in [6.45, 7) is 16.2. The second-order valence-electron chi connectivity index (χ2n) is 10.2. The van der Waals surface area contributed by atoms with E-state index in [1.807, 2.05) is 78.0 Å². The van der Waals surface area contributed by atoms with Gasteiger partial charge in [-0.1, -0.05) is 90.1 Å². The van der Waals surface area contributed by atoms with Crippen molar-refractivity contribution < 1.29 is 15.0 Å². The highest BCUT2D eigenvalue weighted by molar-refractivity contribution is 5.91. The molecule has 6 heteroatoms. The molecule has 6 nitrogen and oxygen atoms in total. The van der Waals surface area contributed by atoms with Crippen molar-refractivity contribution >= 4 is 17.7 Å². The van der Waals surface area contributed by atoms with Crippen LogP contribution in [0.2, 0.25) is 0 Å². The molecule has 0 aromatic heterocycles. The molecule has 1 amide bonds. The fourth-order valence-electron chi connectivity index (χ4n) is 5.77. The first-order chi connectivity index (χ1) is 19.5. The van der Waals surface area contributed by atoms with Crippen molar-refractivity contribution in [3.05, 3.63) is 71.8 Å². The van der Waals surface area contributed by atoms with Gasteiger partial charge in [0.05, 0.1) is 11.7 Å². The van der Waals surface area contributed by atoms with Crippen LogP contribution in [0.1, 0.15) is 78.4 Å². The van der Waals surface area contributed by atoms with E-state index in [1.165, 1.54) is 11.3 Å². The number of amides is 1. The minimum absolute atomic E-state index is 0.0489. The Morgan fingerprint density at radius 2 is 1.45 bits per heavy atom. The molecule has 2 aromatic rings. The van der Waals surface area contributed by atoms with E-state index in [0.29, 0.717) is 32.5 Å². The molecule has 3 heterocycles. The molecular weight excluding hydrogens is 498 g/mol. The van der Waals surface area contributed by atoms with Crippen molar-refractivity contribution in [3.63, 3.8) is 0 Å². The summed E-state index contributed by atoms with van der Waals surface area (Å²) in [7, 11) is 0. The van der Waals surface area contributed by atoms with E-state index < -0.39 is 11.7 Å². The minimum Gasteiger partial charge on any atom is -0.389 e. The van der Waals surface area contributed by atoms with Crippen LogP contribution in [-0.2, 0) is 10.2 Å². The van der Waals surface area contributed by atoms with E-state index in [4.69, 9.17) is 0 Å². The predicted molar refractivity (Wildman–Crippen MR) is 169 cm³/mol. The standard InChI is InChI=1S/C28H35N3O3.3C2H6/c32-25(20-30-16-12-27(13-17-30)21-29-24-9-5-4-8-23(24)27)28(34)14-18-31(19-15-28)26(33)11-10-22-6-2-1-3-7-22;3*1-2/h1-11,25,29,32,34H,12-21H2;3*1-2H3/b11-10+;;;/t25-;;;/m1.../s1. The van der Waals surface area contributed by atoms with Crippen molar-refractivity contribution in [3.8, 4) is 0 Å². The molecule has 0 aliphatic carbocycles. The van der Waals surface area contributed by atoms with Gasteiger partial charge < -0.3 is 25.3 Å². The lowest BCUT2D eigenvalue weighted by Gasteiger charge is -2.44. The van der Waals surface area contributed by atoms with E-state index in [0.717, 1.165) is 38.0 Å². The SMILES string of the molecule is CC.CC.CC.O=C(/C=C/c1ccccc1)N1CCC(O)([C@H](O)CN2CCC3(CC2)CNc2ccccc23)CC1. The molecule has 1 spiro atoms. The lowest BCUT2D eigenvalue weighted by molar-refractivity contribution is -0.140. The third-order valence-corrected chi connectivity index (χ3v) is 8.14. The number of hydrogen-bond donors (Lipinski definition) is 3. The van der Waals surface area contributed by atoms with E-state index in [9.17, 15) is 15.0 Å². The van der Waals surface area contributed by atoms with Gasteiger partial charge in [0, 0.05) is 43.4 Å². The first kappa shape index (κ1) is 33.5. The minimum atomic E-state index is -1.14. The molecule has 5 rings (SSSR count). The summed E-state index contributed by atoms with van der Waals surface area (Å²) < 4.78 is 0. The smallest absolute Gasteiger partial charge is 0.246 e. The van der Waals surface area contributed by atoms with Crippen molar-refractivity contribution in [1.82, 2.24) is 9.80 Å². The number of aliphatic hydroxyl groups excluding tert-OH is 1. The number of rotatable bonds is 5. The van der Waals surface area contributed by atoms with Gasteiger partial charge in [-0.2, -0.15) is 0 Å². The molecule has 3 aliphatic rings. The average molecular weight is 552 g/mol. The molecule has 2 fully saturated rings. The molecule has 2 saturated heterocycles. The van der Waals surface area contributed by atoms with Crippen molar-refractivity contribution in [2.24, 2.45) is 0 Å². The topological polar surface area (TPSA) is 76.0 Å². The Bertz CT molecular complexity index is 1020. The predicted octanol–water partition coefficient (Wildman–Crippen LogP) is 5.95. The van der Waals surface area contributed by atoms with Crippen LogP contribution in [-0.4, -0.2) is 76.9 Å². The second-order valence-corrected chi connectivity index (χ2v) is 10.2. The Labute approximate surface area is 243 Å². The summed E-state index contributed by atoms with van der Waals surface area (Å²) in [6.07, 6.45) is 5.50. The molecule has 222 valence electrons. The fourth-order valence-corrected chi connectivity index (χ4v) is 5.77. The van der Waals surface area contributed by atoms with E-state index >= 15 is 0 Å². The van der Waals surface area contributed by atoms with Gasteiger partial charge >= 0.3 is 0 Å².